The maximum Gasteiger partial charge on any atom is 0.241 e. The molecule has 10 heteroatoms. The lowest BCUT2D eigenvalue weighted by atomic mass is 10.2. The van der Waals surface area contributed by atoms with Gasteiger partial charge in [-0.1, -0.05) is 12.1 Å². The van der Waals surface area contributed by atoms with Crippen molar-refractivity contribution in [3.63, 3.8) is 0 Å². The van der Waals surface area contributed by atoms with Gasteiger partial charge in [-0.05, 0) is 31.2 Å². The fourth-order valence-electron chi connectivity index (χ4n) is 3.99. The first-order valence-corrected chi connectivity index (χ1v) is 12.5. The number of hydrogen-bond acceptors (Lipinski definition) is 7. The topological polar surface area (TPSA) is 97.4 Å². The molecule has 0 spiro atoms. The number of benzene rings is 2. The molecule has 0 bridgehead atoms. The van der Waals surface area contributed by atoms with Crippen LogP contribution in [-0.4, -0.2) is 71.8 Å². The van der Waals surface area contributed by atoms with Gasteiger partial charge in [0.05, 0.1) is 36.9 Å². The van der Waals surface area contributed by atoms with E-state index in [0.29, 0.717) is 50.9 Å². The minimum Gasteiger partial charge on any atom is -0.495 e. The van der Waals surface area contributed by atoms with E-state index in [9.17, 15) is 13.2 Å². The number of fused-ring (bicyclic) bond motifs is 1. The van der Waals surface area contributed by atoms with Gasteiger partial charge < -0.3 is 24.0 Å². The molecule has 33 heavy (non-hydrogen) atoms. The first-order chi connectivity index (χ1) is 15.9. The van der Waals surface area contributed by atoms with Gasteiger partial charge in [-0.3, -0.25) is 4.79 Å². The van der Waals surface area contributed by atoms with Gasteiger partial charge in [-0.2, -0.15) is 4.72 Å². The van der Waals surface area contributed by atoms with Crippen molar-refractivity contribution in [3.05, 3.63) is 42.5 Å². The number of amides is 1. The number of carbonyl (C=O) groups is 1. The molecule has 9 nitrogen and oxygen atoms in total. The van der Waals surface area contributed by atoms with Crippen molar-refractivity contribution in [1.82, 2.24) is 9.62 Å². The Balaban J connectivity index is 1.38. The van der Waals surface area contributed by atoms with Gasteiger partial charge >= 0.3 is 0 Å². The van der Waals surface area contributed by atoms with E-state index in [1.54, 1.807) is 25.0 Å². The number of piperazine rings is 1. The summed E-state index contributed by atoms with van der Waals surface area (Å²) in [5.41, 5.74) is 0.982. The fraction of sp³-hybridized carbons (Fsp3) is 0.435. The molecule has 2 aliphatic rings. The predicted octanol–water partition coefficient (Wildman–Crippen LogP) is 1.87. The molecule has 0 unspecified atom stereocenters. The molecular formula is C23H29N3O6S. The molecule has 1 N–H and O–H groups in total. The summed E-state index contributed by atoms with van der Waals surface area (Å²) in [5.74, 6) is 1.44. The fourth-order valence-corrected chi connectivity index (χ4v) is 5.21. The van der Waals surface area contributed by atoms with Crippen LogP contribution in [0, 0.1) is 0 Å². The Morgan fingerprint density at radius 2 is 1.73 bits per heavy atom. The van der Waals surface area contributed by atoms with E-state index in [0.717, 1.165) is 17.9 Å². The van der Waals surface area contributed by atoms with Crippen LogP contribution in [0.15, 0.2) is 47.4 Å². The Labute approximate surface area is 194 Å². The third-order valence-corrected chi connectivity index (χ3v) is 7.29. The van der Waals surface area contributed by atoms with Crippen LogP contribution in [0.25, 0.3) is 0 Å². The molecule has 1 amide bonds. The zero-order chi connectivity index (χ0) is 23.4. The normalized spacial score (nSPS) is 17.3. The number of anilines is 1. The number of methoxy groups -OCH3 is 1. The minimum atomic E-state index is -3.91. The van der Waals surface area contributed by atoms with Gasteiger partial charge in [0.2, 0.25) is 15.9 Å². The molecule has 1 atom stereocenters. The Morgan fingerprint density at radius 1 is 1.03 bits per heavy atom. The number of nitrogens with zero attached hydrogens (tertiary/aromatic N) is 2. The van der Waals surface area contributed by atoms with Crippen LogP contribution >= 0.6 is 0 Å². The van der Waals surface area contributed by atoms with Crippen LogP contribution in [0.2, 0.25) is 0 Å². The van der Waals surface area contributed by atoms with Crippen LogP contribution in [0.1, 0.15) is 13.3 Å². The van der Waals surface area contributed by atoms with Crippen molar-refractivity contribution in [2.45, 2.75) is 24.3 Å². The maximum atomic E-state index is 13.0. The summed E-state index contributed by atoms with van der Waals surface area (Å²) >= 11 is 0. The van der Waals surface area contributed by atoms with Crippen molar-refractivity contribution in [2.75, 3.05) is 51.4 Å². The SMILES string of the molecule is COc1ccccc1N1CCN(C(=O)[C@@H](C)NS(=O)(=O)c2ccc3c(c2)OCCCO3)CC1. The monoisotopic (exact) mass is 475 g/mol. The van der Waals surface area contributed by atoms with E-state index in [2.05, 4.69) is 9.62 Å². The minimum absolute atomic E-state index is 0.0346. The van der Waals surface area contributed by atoms with E-state index in [-0.39, 0.29) is 10.8 Å². The number of nitrogens with one attached hydrogen (secondary N) is 1. The van der Waals surface area contributed by atoms with Gasteiger partial charge in [0.1, 0.15) is 5.75 Å². The van der Waals surface area contributed by atoms with E-state index in [4.69, 9.17) is 14.2 Å². The van der Waals surface area contributed by atoms with Crippen molar-refractivity contribution in [2.24, 2.45) is 0 Å². The number of carbonyl (C=O) groups excluding carboxylic acids is 1. The van der Waals surface area contributed by atoms with Gasteiger partial charge in [-0.15, -0.1) is 0 Å². The number of para-hydroxylation sites is 2. The summed E-state index contributed by atoms with van der Waals surface area (Å²) < 4.78 is 44.9. The van der Waals surface area contributed by atoms with Crippen molar-refractivity contribution in [1.29, 1.82) is 0 Å². The average Bonchev–Trinajstić information content (AvgIpc) is 3.08. The van der Waals surface area contributed by atoms with Crippen molar-refractivity contribution in [3.8, 4) is 17.2 Å². The Hall–Kier alpha value is -2.98. The van der Waals surface area contributed by atoms with Gasteiger partial charge in [0.15, 0.2) is 11.5 Å². The highest BCUT2D eigenvalue weighted by Gasteiger charge is 2.29. The summed E-state index contributed by atoms with van der Waals surface area (Å²) in [5, 5.41) is 0. The average molecular weight is 476 g/mol. The van der Waals surface area contributed by atoms with Crippen LogP contribution in [0.3, 0.4) is 0 Å². The number of hydrogen-bond donors (Lipinski definition) is 1. The molecule has 2 heterocycles. The summed E-state index contributed by atoms with van der Waals surface area (Å²) in [6.07, 6.45) is 0.727. The molecule has 2 aromatic rings. The molecule has 1 saturated heterocycles. The molecule has 2 aliphatic heterocycles. The molecule has 0 saturated carbocycles. The zero-order valence-corrected chi connectivity index (χ0v) is 19.6. The summed E-state index contributed by atoms with van der Waals surface area (Å²) in [6, 6.07) is 11.3. The molecule has 178 valence electrons. The second-order valence-electron chi connectivity index (χ2n) is 7.99. The largest absolute Gasteiger partial charge is 0.495 e. The number of sulfonamides is 1. The highest BCUT2D eigenvalue weighted by Crippen LogP contribution is 2.32. The summed E-state index contributed by atoms with van der Waals surface area (Å²) in [6.45, 7) is 4.80. The summed E-state index contributed by atoms with van der Waals surface area (Å²) in [7, 11) is -2.28. The lowest BCUT2D eigenvalue weighted by Gasteiger charge is -2.37. The van der Waals surface area contributed by atoms with E-state index < -0.39 is 16.1 Å². The van der Waals surface area contributed by atoms with E-state index in [1.807, 2.05) is 24.3 Å². The predicted molar refractivity (Wildman–Crippen MR) is 124 cm³/mol. The van der Waals surface area contributed by atoms with E-state index in [1.165, 1.54) is 12.1 Å². The van der Waals surface area contributed by atoms with Crippen LogP contribution in [-0.2, 0) is 14.8 Å². The van der Waals surface area contributed by atoms with Crippen LogP contribution in [0.5, 0.6) is 17.2 Å². The second kappa shape index (κ2) is 9.88. The number of rotatable bonds is 6. The van der Waals surface area contributed by atoms with Crippen molar-refractivity contribution < 1.29 is 27.4 Å². The Morgan fingerprint density at radius 3 is 2.45 bits per heavy atom. The first-order valence-electron chi connectivity index (χ1n) is 11.0. The van der Waals surface area contributed by atoms with Gasteiger partial charge in [-0.25, -0.2) is 8.42 Å². The highest BCUT2D eigenvalue weighted by atomic mass is 32.2. The van der Waals surface area contributed by atoms with E-state index >= 15 is 0 Å². The maximum absolute atomic E-state index is 13.0. The zero-order valence-electron chi connectivity index (χ0n) is 18.8. The van der Waals surface area contributed by atoms with Crippen LogP contribution in [0.4, 0.5) is 5.69 Å². The Bertz CT molecular complexity index is 1100. The van der Waals surface area contributed by atoms with Crippen molar-refractivity contribution >= 4 is 21.6 Å². The third kappa shape index (κ3) is 5.17. The van der Waals surface area contributed by atoms with Gasteiger partial charge in [0, 0.05) is 38.7 Å². The smallest absolute Gasteiger partial charge is 0.241 e. The van der Waals surface area contributed by atoms with Crippen LogP contribution < -0.4 is 23.8 Å². The molecule has 0 aromatic heterocycles. The molecule has 0 radical (unpaired) electrons. The first kappa shape index (κ1) is 23.2. The molecule has 1 fully saturated rings. The third-order valence-electron chi connectivity index (χ3n) is 5.75. The second-order valence-corrected chi connectivity index (χ2v) is 9.70. The lowest BCUT2D eigenvalue weighted by Crippen LogP contribution is -2.54. The Kier molecular flexibility index (Phi) is 6.94. The highest BCUT2D eigenvalue weighted by molar-refractivity contribution is 7.89. The number of ether oxygens (including phenoxy) is 3. The standard InChI is InChI=1S/C23H29N3O6S/c1-17(24-33(28,29)18-8-9-21-22(16-18)32-15-5-14-31-21)23(27)26-12-10-25(11-13-26)19-6-3-4-7-20(19)30-2/h3-4,6-9,16-17,24H,5,10-15H2,1-2H3/t17-/m1/s1. The molecule has 2 aromatic carbocycles. The molecule has 0 aliphatic carbocycles. The molecule has 4 rings (SSSR count). The lowest BCUT2D eigenvalue weighted by molar-refractivity contribution is -0.132. The molecular weight excluding hydrogens is 446 g/mol. The summed E-state index contributed by atoms with van der Waals surface area (Å²) in [4.78, 5) is 16.8. The van der Waals surface area contributed by atoms with Gasteiger partial charge in [0.25, 0.3) is 0 Å². The quantitative estimate of drug-likeness (QED) is 0.681.